The predicted molar refractivity (Wildman–Crippen MR) is 122 cm³/mol. The number of benzene rings is 2. The fourth-order valence-electron chi connectivity index (χ4n) is 3.78. The van der Waals surface area contributed by atoms with E-state index in [2.05, 4.69) is 5.32 Å². The van der Waals surface area contributed by atoms with Crippen molar-refractivity contribution in [3.63, 3.8) is 0 Å². The van der Waals surface area contributed by atoms with E-state index in [0.29, 0.717) is 17.7 Å². The summed E-state index contributed by atoms with van der Waals surface area (Å²) < 4.78 is 47.0. The van der Waals surface area contributed by atoms with Gasteiger partial charge in [0, 0.05) is 30.8 Å². The average molecular weight is 479 g/mol. The molecular formula is C25H29F3N2O4. The van der Waals surface area contributed by atoms with Crippen LogP contribution < -0.4 is 14.8 Å². The highest BCUT2D eigenvalue weighted by molar-refractivity contribution is 5.95. The molecule has 34 heavy (non-hydrogen) atoms. The van der Waals surface area contributed by atoms with Crippen LogP contribution in [0.25, 0.3) is 0 Å². The summed E-state index contributed by atoms with van der Waals surface area (Å²) in [6.45, 7) is 0.141. The second-order valence-corrected chi connectivity index (χ2v) is 8.22. The fourth-order valence-corrected chi connectivity index (χ4v) is 3.78. The quantitative estimate of drug-likeness (QED) is 0.565. The number of rotatable bonds is 8. The van der Waals surface area contributed by atoms with Crippen molar-refractivity contribution in [1.29, 1.82) is 0 Å². The standard InChI is InChI=1S/C25H29F3N2O4/c1-33-22-16-18(6-12-21(22)34-17-25(26,27)28)7-13-23(31)29-20-10-8-19(9-11-20)24(32)30-14-4-2-3-5-15-30/h6,8-12,16H,2-5,7,13-15,17H2,1H3,(H,29,31). The van der Waals surface area contributed by atoms with Gasteiger partial charge >= 0.3 is 6.18 Å². The molecule has 0 radical (unpaired) electrons. The van der Waals surface area contributed by atoms with E-state index < -0.39 is 12.8 Å². The molecule has 2 aromatic carbocycles. The number of alkyl halides is 3. The molecule has 0 unspecified atom stereocenters. The molecular weight excluding hydrogens is 449 g/mol. The van der Waals surface area contributed by atoms with Crippen molar-refractivity contribution in [2.45, 2.75) is 44.7 Å². The van der Waals surface area contributed by atoms with Crippen LogP contribution >= 0.6 is 0 Å². The second kappa shape index (κ2) is 11.8. The lowest BCUT2D eigenvalue weighted by molar-refractivity contribution is -0.153. The van der Waals surface area contributed by atoms with Crippen LogP contribution in [0.1, 0.15) is 48.0 Å². The number of ether oxygens (including phenoxy) is 2. The molecule has 184 valence electrons. The van der Waals surface area contributed by atoms with Crippen LogP contribution in [0.3, 0.4) is 0 Å². The molecule has 9 heteroatoms. The Bertz CT molecular complexity index is 969. The van der Waals surface area contributed by atoms with Crippen LogP contribution in [0.2, 0.25) is 0 Å². The van der Waals surface area contributed by atoms with Crippen molar-refractivity contribution in [3.05, 3.63) is 53.6 Å². The first kappa shape index (κ1) is 25.4. The van der Waals surface area contributed by atoms with Gasteiger partial charge in [-0.2, -0.15) is 13.2 Å². The lowest BCUT2D eigenvalue weighted by Gasteiger charge is -2.20. The van der Waals surface area contributed by atoms with E-state index in [1.165, 1.54) is 13.2 Å². The number of hydrogen-bond acceptors (Lipinski definition) is 4. The van der Waals surface area contributed by atoms with E-state index in [-0.39, 0.29) is 29.7 Å². The van der Waals surface area contributed by atoms with E-state index in [1.54, 1.807) is 36.4 Å². The number of nitrogens with one attached hydrogen (secondary N) is 1. The smallest absolute Gasteiger partial charge is 0.422 e. The fraction of sp³-hybridized carbons (Fsp3) is 0.440. The van der Waals surface area contributed by atoms with Gasteiger partial charge in [-0.1, -0.05) is 18.9 Å². The van der Waals surface area contributed by atoms with Gasteiger partial charge in [-0.3, -0.25) is 9.59 Å². The maximum absolute atomic E-state index is 12.7. The number of carbonyl (C=O) groups is 2. The lowest BCUT2D eigenvalue weighted by atomic mass is 10.1. The zero-order chi connectivity index (χ0) is 24.6. The summed E-state index contributed by atoms with van der Waals surface area (Å²) in [4.78, 5) is 26.9. The monoisotopic (exact) mass is 478 g/mol. The molecule has 3 rings (SSSR count). The Labute approximate surface area is 197 Å². The first-order valence-corrected chi connectivity index (χ1v) is 11.3. The highest BCUT2D eigenvalue weighted by Crippen LogP contribution is 2.30. The first-order valence-electron chi connectivity index (χ1n) is 11.3. The molecule has 1 N–H and O–H groups in total. The van der Waals surface area contributed by atoms with Gasteiger partial charge in [0.1, 0.15) is 0 Å². The minimum absolute atomic E-state index is 0.0105. The Morgan fingerprint density at radius 1 is 0.971 bits per heavy atom. The van der Waals surface area contributed by atoms with Crippen molar-refractivity contribution in [1.82, 2.24) is 4.90 Å². The molecule has 1 aliphatic rings. The largest absolute Gasteiger partial charge is 0.493 e. The predicted octanol–water partition coefficient (Wildman–Crippen LogP) is 5.22. The van der Waals surface area contributed by atoms with Gasteiger partial charge < -0.3 is 19.7 Å². The number of hydrogen-bond donors (Lipinski definition) is 1. The molecule has 6 nitrogen and oxygen atoms in total. The van der Waals surface area contributed by atoms with Gasteiger partial charge in [0.05, 0.1) is 7.11 Å². The van der Waals surface area contributed by atoms with Gasteiger partial charge in [0.2, 0.25) is 5.91 Å². The van der Waals surface area contributed by atoms with Gasteiger partial charge in [0.15, 0.2) is 18.1 Å². The summed E-state index contributed by atoms with van der Waals surface area (Å²) in [6.07, 6.45) is 0.437. The normalized spacial score (nSPS) is 14.3. The van der Waals surface area contributed by atoms with E-state index in [9.17, 15) is 22.8 Å². The van der Waals surface area contributed by atoms with E-state index in [4.69, 9.17) is 9.47 Å². The van der Waals surface area contributed by atoms with Crippen LogP contribution in [0.4, 0.5) is 18.9 Å². The van der Waals surface area contributed by atoms with E-state index >= 15 is 0 Å². The van der Waals surface area contributed by atoms with Crippen molar-refractivity contribution >= 4 is 17.5 Å². The minimum Gasteiger partial charge on any atom is -0.493 e. The van der Waals surface area contributed by atoms with Crippen LogP contribution in [-0.2, 0) is 11.2 Å². The summed E-state index contributed by atoms with van der Waals surface area (Å²) >= 11 is 0. The topological polar surface area (TPSA) is 67.9 Å². The SMILES string of the molecule is COc1cc(CCC(=O)Nc2ccc(C(=O)N3CCCCCC3)cc2)ccc1OCC(F)(F)F. The Hall–Kier alpha value is -3.23. The van der Waals surface area contributed by atoms with Gasteiger partial charge in [-0.15, -0.1) is 0 Å². The zero-order valence-electron chi connectivity index (χ0n) is 19.1. The number of halogens is 3. The molecule has 2 aromatic rings. The molecule has 1 heterocycles. The highest BCUT2D eigenvalue weighted by atomic mass is 19.4. The summed E-state index contributed by atoms with van der Waals surface area (Å²) in [5.41, 5.74) is 1.91. The third kappa shape index (κ3) is 7.67. The summed E-state index contributed by atoms with van der Waals surface area (Å²) in [5.74, 6) is -0.0472. The maximum Gasteiger partial charge on any atom is 0.422 e. The Morgan fingerprint density at radius 3 is 2.26 bits per heavy atom. The minimum atomic E-state index is -4.44. The van der Waals surface area contributed by atoms with Crippen molar-refractivity contribution in [2.75, 3.05) is 32.1 Å². The first-order chi connectivity index (χ1) is 16.2. The number of aryl methyl sites for hydroxylation is 1. The van der Waals surface area contributed by atoms with Crippen molar-refractivity contribution < 1.29 is 32.2 Å². The molecule has 0 aromatic heterocycles. The molecule has 0 atom stereocenters. The third-order valence-corrected chi connectivity index (χ3v) is 5.57. The number of amides is 2. The maximum atomic E-state index is 12.7. The second-order valence-electron chi connectivity index (χ2n) is 8.22. The van der Waals surface area contributed by atoms with Crippen molar-refractivity contribution in [3.8, 4) is 11.5 Å². The molecule has 0 aliphatic carbocycles. The zero-order valence-corrected chi connectivity index (χ0v) is 19.1. The molecule has 1 aliphatic heterocycles. The lowest BCUT2D eigenvalue weighted by Crippen LogP contribution is -2.31. The number of methoxy groups -OCH3 is 1. The number of carbonyl (C=O) groups excluding carboxylic acids is 2. The average Bonchev–Trinajstić information content (AvgIpc) is 3.11. The van der Waals surface area contributed by atoms with Crippen LogP contribution in [0.5, 0.6) is 11.5 Å². The van der Waals surface area contributed by atoms with E-state index in [1.807, 2.05) is 4.90 Å². The summed E-state index contributed by atoms with van der Waals surface area (Å²) in [5, 5.41) is 2.80. The number of likely N-dealkylation sites (tertiary alicyclic amines) is 1. The Morgan fingerprint density at radius 2 is 1.65 bits per heavy atom. The van der Waals surface area contributed by atoms with Gasteiger partial charge in [0.25, 0.3) is 5.91 Å². The number of nitrogens with zero attached hydrogens (tertiary/aromatic N) is 1. The molecule has 0 saturated carbocycles. The molecule has 0 bridgehead atoms. The van der Waals surface area contributed by atoms with Crippen molar-refractivity contribution in [2.24, 2.45) is 0 Å². The van der Waals surface area contributed by atoms with Crippen LogP contribution in [0.15, 0.2) is 42.5 Å². The number of anilines is 1. The molecule has 0 spiro atoms. The summed E-state index contributed by atoms with van der Waals surface area (Å²) in [7, 11) is 1.34. The molecule has 1 fully saturated rings. The van der Waals surface area contributed by atoms with Gasteiger partial charge in [-0.05, 0) is 61.2 Å². The van der Waals surface area contributed by atoms with E-state index in [0.717, 1.165) is 44.3 Å². The molecule has 2 amide bonds. The third-order valence-electron chi connectivity index (χ3n) is 5.57. The van der Waals surface area contributed by atoms with Crippen LogP contribution in [-0.4, -0.2) is 49.7 Å². The Balaban J connectivity index is 1.51. The highest BCUT2D eigenvalue weighted by Gasteiger charge is 2.29. The summed E-state index contributed by atoms with van der Waals surface area (Å²) in [6, 6.07) is 11.4. The van der Waals surface area contributed by atoms with Gasteiger partial charge in [-0.25, -0.2) is 0 Å². The Kier molecular flexibility index (Phi) is 8.79. The van der Waals surface area contributed by atoms with Crippen LogP contribution in [0, 0.1) is 0 Å². The molecule has 1 saturated heterocycles.